The highest BCUT2D eigenvalue weighted by molar-refractivity contribution is 7.98. The van der Waals surface area contributed by atoms with Gasteiger partial charge in [0.05, 0.1) is 5.52 Å². The standard InChI is InChI=1S/C13H15NS/c1-2-9-15-10-12-6-3-5-11-7-4-8-14-13(11)12/h3-8H,2,9-10H2,1H3. The Hall–Kier alpha value is -1.02. The van der Waals surface area contributed by atoms with Crippen LogP contribution in [0.25, 0.3) is 10.9 Å². The van der Waals surface area contributed by atoms with Gasteiger partial charge in [0, 0.05) is 17.3 Å². The largest absolute Gasteiger partial charge is 0.256 e. The molecule has 0 N–H and O–H groups in total. The zero-order valence-corrected chi connectivity index (χ0v) is 9.76. The number of hydrogen-bond acceptors (Lipinski definition) is 2. The first-order valence-electron chi connectivity index (χ1n) is 5.32. The maximum Gasteiger partial charge on any atom is 0.0742 e. The van der Waals surface area contributed by atoms with E-state index in [-0.39, 0.29) is 0 Å². The summed E-state index contributed by atoms with van der Waals surface area (Å²) in [5.74, 6) is 2.30. The summed E-state index contributed by atoms with van der Waals surface area (Å²) in [5.41, 5.74) is 2.51. The molecule has 0 bridgehead atoms. The van der Waals surface area contributed by atoms with Gasteiger partial charge in [-0.3, -0.25) is 4.98 Å². The highest BCUT2D eigenvalue weighted by atomic mass is 32.2. The molecule has 1 nitrogen and oxygen atoms in total. The number of para-hydroxylation sites is 1. The van der Waals surface area contributed by atoms with Gasteiger partial charge in [-0.05, 0) is 23.8 Å². The van der Waals surface area contributed by atoms with E-state index >= 15 is 0 Å². The number of fused-ring (bicyclic) bond motifs is 1. The molecule has 0 radical (unpaired) electrons. The lowest BCUT2D eigenvalue weighted by Crippen LogP contribution is -1.87. The van der Waals surface area contributed by atoms with Crippen molar-refractivity contribution in [3.8, 4) is 0 Å². The van der Waals surface area contributed by atoms with Gasteiger partial charge in [0.1, 0.15) is 0 Å². The lowest BCUT2D eigenvalue weighted by molar-refractivity contribution is 1.10. The Morgan fingerprint density at radius 3 is 2.93 bits per heavy atom. The van der Waals surface area contributed by atoms with Crippen LogP contribution < -0.4 is 0 Å². The van der Waals surface area contributed by atoms with Gasteiger partial charge in [-0.2, -0.15) is 11.8 Å². The number of benzene rings is 1. The van der Waals surface area contributed by atoms with E-state index in [1.165, 1.54) is 23.1 Å². The maximum atomic E-state index is 4.45. The molecule has 0 aliphatic carbocycles. The lowest BCUT2D eigenvalue weighted by Gasteiger charge is -2.04. The summed E-state index contributed by atoms with van der Waals surface area (Å²) in [5, 5.41) is 1.24. The summed E-state index contributed by atoms with van der Waals surface area (Å²) in [4.78, 5) is 4.45. The summed E-state index contributed by atoms with van der Waals surface area (Å²) in [7, 11) is 0. The first-order valence-corrected chi connectivity index (χ1v) is 6.47. The van der Waals surface area contributed by atoms with Crippen LogP contribution in [-0.4, -0.2) is 10.7 Å². The Bertz CT molecular complexity index is 434. The fourth-order valence-electron chi connectivity index (χ4n) is 1.61. The van der Waals surface area contributed by atoms with Gasteiger partial charge in [-0.15, -0.1) is 0 Å². The van der Waals surface area contributed by atoms with Gasteiger partial charge in [-0.25, -0.2) is 0 Å². The van der Waals surface area contributed by atoms with Crippen LogP contribution >= 0.6 is 11.8 Å². The summed E-state index contributed by atoms with van der Waals surface area (Å²) < 4.78 is 0. The van der Waals surface area contributed by atoms with Gasteiger partial charge >= 0.3 is 0 Å². The first-order chi connectivity index (χ1) is 7.42. The van der Waals surface area contributed by atoms with Crippen molar-refractivity contribution < 1.29 is 0 Å². The minimum atomic E-state index is 1.07. The topological polar surface area (TPSA) is 12.9 Å². The molecule has 0 aliphatic heterocycles. The molecular formula is C13H15NS. The van der Waals surface area contributed by atoms with E-state index in [0.29, 0.717) is 0 Å². The van der Waals surface area contributed by atoms with E-state index < -0.39 is 0 Å². The maximum absolute atomic E-state index is 4.45. The normalized spacial score (nSPS) is 10.7. The Morgan fingerprint density at radius 2 is 2.07 bits per heavy atom. The van der Waals surface area contributed by atoms with E-state index in [1.54, 1.807) is 0 Å². The van der Waals surface area contributed by atoms with Crippen LogP contribution in [0.15, 0.2) is 36.5 Å². The average molecular weight is 217 g/mol. The van der Waals surface area contributed by atoms with Crippen LogP contribution in [-0.2, 0) is 5.75 Å². The van der Waals surface area contributed by atoms with Crippen molar-refractivity contribution in [3.05, 3.63) is 42.1 Å². The van der Waals surface area contributed by atoms with E-state index in [4.69, 9.17) is 0 Å². The summed E-state index contributed by atoms with van der Waals surface area (Å²) in [6.45, 7) is 2.22. The molecule has 0 saturated heterocycles. The molecule has 1 heterocycles. The van der Waals surface area contributed by atoms with Gasteiger partial charge in [0.2, 0.25) is 0 Å². The van der Waals surface area contributed by atoms with Crippen molar-refractivity contribution in [2.75, 3.05) is 5.75 Å². The number of pyridine rings is 1. The van der Waals surface area contributed by atoms with Crippen molar-refractivity contribution >= 4 is 22.7 Å². The Kier molecular flexibility index (Phi) is 3.62. The third-order valence-corrected chi connectivity index (χ3v) is 3.53. The van der Waals surface area contributed by atoms with Crippen LogP contribution in [0.5, 0.6) is 0 Å². The molecular weight excluding hydrogens is 202 g/mol. The second-order valence-corrected chi connectivity index (χ2v) is 4.65. The average Bonchev–Trinajstić information content (AvgIpc) is 2.30. The van der Waals surface area contributed by atoms with Crippen LogP contribution in [0.1, 0.15) is 18.9 Å². The summed E-state index contributed by atoms with van der Waals surface area (Å²) >= 11 is 1.98. The summed E-state index contributed by atoms with van der Waals surface area (Å²) in [6, 6.07) is 10.5. The minimum absolute atomic E-state index is 1.07. The van der Waals surface area contributed by atoms with Crippen LogP contribution in [0.2, 0.25) is 0 Å². The van der Waals surface area contributed by atoms with Crippen molar-refractivity contribution in [3.63, 3.8) is 0 Å². The molecule has 0 amide bonds. The molecule has 0 fully saturated rings. The fourth-order valence-corrected chi connectivity index (χ4v) is 2.50. The van der Waals surface area contributed by atoms with Gasteiger partial charge in [0.15, 0.2) is 0 Å². The van der Waals surface area contributed by atoms with Gasteiger partial charge in [-0.1, -0.05) is 31.2 Å². The van der Waals surface area contributed by atoms with Crippen molar-refractivity contribution in [1.29, 1.82) is 0 Å². The number of thioether (sulfide) groups is 1. The van der Waals surface area contributed by atoms with E-state index in [0.717, 1.165) is 11.3 Å². The molecule has 0 spiro atoms. The Balaban J connectivity index is 2.26. The third-order valence-electron chi connectivity index (χ3n) is 2.32. The predicted molar refractivity (Wildman–Crippen MR) is 68.2 cm³/mol. The molecule has 2 heteroatoms. The Labute approximate surface area is 94.9 Å². The molecule has 15 heavy (non-hydrogen) atoms. The minimum Gasteiger partial charge on any atom is -0.256 e. The number of hydrogen-bond donors (Lipinski definition) is 0. The quantitative estimate of drug-likeness (QED) is 0.721. The van der Waals surface area contributed by atoms with Gasteiger partial charge in [0.25, 0.3) is 0 Å². The van der Waals surface area contributed by atoms with E-state index in [2.05, 4.69) is 36.2 Å². The van der Waals surface area contributed by atoms with Crippen LogP contribution in [0.4, 0.5) is 0 Å². The Morgan fingerprint density at radius 1 is 1.20 bits per heavy atom. The molecule has 1 aromatic carbocycles. The highest BCUT2D eigenvalue weighted by Crippen LogP contribution is 2.20. The zero-order valence-electron chi connectivity index (χ0n) is 8.94. The fraction of sp³-hybridized carbons (Fsp3) is 0.308. The van der Waals surface area contributed by atoms with Crippen molar-refractivity contribution in [2.24, 2.45) is 0 Å². The van der Waals surface area contributed by atoms with Crippen LogP contribution in [0.3, 0.4) is 0 Å². The SMILES string of the molecule is CCCSCc1cccc2cccnc12. The molecule has 0 unspecified atom stereocenters. The molecule has 0 saturated carbocycles. The van der Waals surface area contributed by atoms with Crippen LogP contribution in [0, 0.1) is 0 Å². The second-order valence-electron chi connectivity index (χ2n) is 3.54. The second kappa shape index (κ2) is 5.17. The van der Waals surface area contributed by atoms with Crippen molar-refractivity contribution in [1.82, 2.24) is 4.98 Å². The number of nitrogens with zero attached hydrogens (tertiary/aromatic N) is 1. The zero-order chi connectivity index (χ0) is 10.5. The molecule has 2 aromatic rings. The number of rotatable bonds is 4. The molecule has 78 valence electrons. The summed E-state index contributed by atoms with van der Waals surface area (Å²) in [6.07, 6.45) is 3.11. The van der Waals surface area contributed by atoms with E-state index in [9.17, 15) is 0 Å². The third kappa shape index (κ3) is 2.51. The molecule has 1 aromatic heterocycles. The van der Waals surface area contributed by atoms with Crippen molar-refractivity contribution in [2.45, 2.75) is 19.1 Å². The smallest absolute Gasteiger partial charge is 0.0742 e. The monoisotopic (exact) mass is 217 g/mol. The number of aromatic nitrogens is 1. The van der Waals surface area contributed by atoms with Gasteiger partial charge < -0.3 is 0 Å². The first kappa shape index (κ1) is 10.5. The molecule has 0 atom stereocenters. The molecule has 0 aliphatic rings. The highest BCUT2D eigenvalue weighted by Gasteiger charge is 2.00. The molecule has 2 rings (SSSR count). The lowest BCUT2D eigenvalue weighted by atomic mass is 10.1. The van der Waals surface area contributed by atoms with E-state index in [1.807, 2.05) is 24.0 Å². The predicted octanol–water partition coefficient (Wildman–Crippen LogP) is 3.88.